The Morgan fingerprint density at radius 2 is 1.88 bits per heavy atom. The lowest BCUT2D eigenvalue weighted by Gasteiger charge is -2.12. The van der Waals surface area contributed by atoms with Gasteiger partial charge in [-0.15, -0.1) is 0 Å². The third-order valence-corrected chi connectivity index (χ3v) is 3.67. The maximum atomic E-state index is 13.2. The van der Waals surface area contributed by atoms with Gasteiger partial charge in [0.05, 0.1) is 18.9 Å². The first-order chi connectivity index (χ1) is 12.5. The molecule has 0 saturated carbocycles. The summed E-state index contributed by atoms with van der Waals surface area (Å²) in [6.07, 6.45) is 0. The highest BCUT2D eigenvalue weighted by Crippen LogP contribution is 2.16. The largest absolute Gasteiger partial charge is 0.481 e. The summed E-state index contributed by atoms with van der Waals surface area (Å²) in [5, 5.41) is 6.76. The zero-order chi connectivity index (χ0) is 18.7. The number of carbonyl (C=O) groups is 1. The fraction of sp³-hybridized carbons (Fsp3) is 0.105. The van der Waals surface area contributed by atoms with Gasteiger partial charge in [0.2, 0.25) is 11.3 Å². The summed E-state index contributed by atoms with van der Waals surface area (Å²) in [4.78, 5) is 24.8. The van der Waals surface area contributed by atoms with Crippen LogP contribution in [-0.4, -0.2) is 22.8 Å². The molecule has 1 heterocycles. The molecule has 0 bridgehead atoms. The lowest BCUT2D eigenvalue weighted by Crippen LogP contribution is -2.26. The van der Waals surface area contributed by atoms with Crippen LogP contribution in [0.15, 0.2) is 59.4 Å². The highest BCUT2D eigenvalue weighted by molar-refractivity contribution is 6.02. The molecule has 0 aliphatic heterocycles. The second-order valence-electron chi connectivity index (χ2n) is 5.61. The number of hydrogen-bond donors (Lipinski definition) is 1. The number of aromatic nitrogens is 2. The summed E-state index contributed by atoms with van der Waals surface area (Å²) in [5.41, 5.74) is 1.10. The molecule has 6 nitrogen and oxygen atoms in total. The molecule has 0 unspecified atom stereocenters. The summed E-state index contributed by atoms with van der Waals surface area (Å²) in [5.74, 6) is -0.918. The van der Waals surface area contributed by atoms with Crippen molar-refractivity contribution < 1.29 is 13.9 Å². The monoisotopic (exact) mass is 353 g/mol. The van der Waals surface area contributed by atoms with E-state index in [1.807, 2.05) is 13.0 Å². The van der Waals surface area contributed by atoms with Gasteiger partial charge in [0.15, 0.2) is 5.69 Å². The molecule has 1 amide bonds. The quantitative estimate of drug-likeness (QED) is 0.783. The van der Waals surface area contributed by atoms with Gasteiger partial charge in [0, 0.05) is 5.69 Å². The molecule has 1 aromatic heterocycles. The smallest absolute Gasteiger partial charge is 0.280 e. The molecule has 0 aliphatic rings. The predicted molar refractivity (Wildman–Crippen MR) is 95.5 cm³/mol. The minimum absolute atomic E-state index is 0.133. The molecule has 0 atom stereocenters. The summed E-state index contributed by atoms with van der Waals surface area (Å²) in [7, 11) is 1.38. The number of carbonyl (C=O) groups excluding carboxylic acids is 1. The normalized spacial score (nSPS) is 10.4. The molecule has 3 rings (SSSR count). The first kappa shape index (κ1) is 17.3. The number of amides is 1. The summed E-state index contributed by atoms with van der Waals surface area (Å²) in [6.45, 7) is 1.89. The molecular weight excluding hydrogens is 337 g/mol. The maximum Gasteiger partial charge on any atom is 0.280 e. The van der Waals surface area contributed by atoms with E-state index in [2.05, 4.69) is 10.4 Å². The Morgan fingerprint density at radius 3 is 2.54 bits per heavy atom. The standard InChI is InChI=1S/C19H16FN3O3/c1-12-4-3-5-14(10-12)21-19(25)18-16(24)11-17(26-2)23(22-18)15-8-6-13(20)7-9-15/h3-11H,1-2H3,(H,21,25). The van der Waals surface area contributed by atoms with Gasteiger partial charge in [-0.1, -0.05) is 12.1 Å². The summed E-state index contributed by atoms with van der Waals surface area (Å²) < 4.78 is 19.6. The average Bonchev–Trinajstić information content (AvgIpc) is 2.62. The highest BCUT2D eigenvalue weighted by Gasteiger charge is 2.17. The van der Waals surface area contributed by atoms with E-state index in [1.54, 1.807) is 18.2 Å². The van der Waals surface area contributed by atoms with Crippen molar-refractivity contribution in [3.05, 3.63) is 81.9 Å². The summed E-state index contributed by atoms with van der Waals surface area (Å²) >= 11 is 0. The van der Waals surface area contributed by atoms with Crippen LogP contribution in [0, 0.1) is 12.7 Å². The minimum Gasteiger partial charge on any atom is -0.481 e. The third kappa shape index (κ3) is 3.61. The molecule has 132 valence electrons. The first-order valence-electron chi connectivity index (χ1n) is 7.80. The van der Waals surface area contributed by atoms with Gasteiger partial charge in [0.25, 0.3) is 5.91 Å². The number of nitrogens with zero attached hydrogens (tertiary/aromatic N) is 2. The van der Waals surface area contributed by atoms with E-state index in [1.165, 1.54) is 42.1 Å². The molecule has 3 aromatic rings. The van der Waals surface area contributed by atoms with Crippen LogP contribution >= 0.6 is 0 Å². The molecular formula is C19H16FN3O3. The Labute approximate surface area is 148 Å². The molecule has 1 N–H and O–H groups in total. The number of methoxy groups -OCH3 is 1. The zero-order valence-electron chi connectivity index (χ0n) is 14.2. The minimum atomic E-state index is -0.640. The predicted octanol–water partition coefficient (Wildman–Crippen LogP) is 2.94. The molecule has 0 saturated heterocycles. The van der Waals surface area contributed by atoms with Crippen molar-refractivity contribution in [3.63, 3.8) is 0 Å². The van der Waals surface area contributed by atoms with Gasteiger partial charge < -0.3 is 10.1 Å². The number of ether oxygens (including phenoxy) is 1. The molecule has 0 aliphatic carbocycles. The number of aryl methyl sites for hydroxylation is 1. The van der Waals surface area contributed by atoms with Crippen molar-refractivity contribution in [2.24, 2.45) is 0 Å². The van der Waals surface area contributed by atoms with Crippen LogP contribution in [0.3, 0.4) is 0 Å². The number of halogens is 1. The van der Waals surface area contributed by atoms with E-state index in [0.717, 1.165) is 5.56 Å². The Morgan fingerprint density at radius 1 is 1.15 bits per heavy atom. The molecule has 0 spiro atoms. The first-order valence-corrected chi connectivity index (χ1v) is 7.80. The van der Waals surface area contributed by atoms with Gasteiger partial charge in [-0.25, -0.2) is 9.07 Å². The van der Waals surface area contributed by atoms with Crippen LogP contribution in [0.25, 0.3) is 5.69 Å². The van der Waals surface area contributed by atoms with Crippen LogP contribution in [0.2, 0.25) is 0 Å². The maximum absolute atomic E-state index is 13.2. The Bertz CT molecular complexity index is 1010. The number of rotatable bonds is 4. The van der Waals surface area contributed by atoms with Gasteiger partial charge in [-0.3, -0.25) is 9.59 Å². The van der Waals surface area contributed by atoms with E-state index in [9.17, 15) is 14.0 Å². The number of nitrogens with one attached hydrogen (secondary N) is 1. The molecule has 26 heavy (non-hydrogen) atoms. The Hall–Kier alpha value is -3.48. The van der Waals surface area contributed by atoms with E-state index in [0.29, 0.717) is 11.4 Å². The molecule has 7 heteroatoms. The van der Waals surface area contributed by atoms with Gasteiger partial charge in [0.1, 0.15) is 5.82 Å². The number of benzene rings is 2. The van der Waals surface area contributed by atoms with Gasteiger partial charge in [-0.05, 0) is 48.9 Å². The van der Waals surface area contributed by atoms with Crippen LogP contribution in [0.5, 0.6) is 5.88 Å². The average molecular weight is 353 g/mol. The number of hydrogen-bond acceptors (Lipinski definition) is 4. The van der Waals surface area contributed by atoms with Gasteiger partial charge in [-0.2, -0.15) is 5.10 Å². The topological polar surface area (TPSA) is 73.2 Å². The lowest BCUT2D eigenvalue weighted by atomic mass is 10.2. The van der Waals surface area contributed by atoms with Crippen molar-refractivity contribution in [2.45, 2.75) is 6.92 Å². The van der Waals surface area contributed by atoms with Crippen LogP contribution < -0.4 is 15.5 Å². The van der Waals surface area contributed by atoms with E-state index < -0.39 is 17.2 Å². The third-order valence-electron chi connectivity index (χ3n) is 3.67. The fourth-order valence-corrected chi connectivity index (χ4v) is 2.42. The van der Waals surface area contributed by atoms with Crippen molar-refractivity contribution in [1.29, 1.82) is 0 Å². The van der Waals surface area contributed by atoms with Crippen LogP contribution in [-0.2, 0) is 0 Å². The highest BCUT2D eigenvalue weighted by atomic mass is 19.1. The van der Waals surface area contributed by atoms with Crippen molar-refractivity contribution >= 4 is 11.6 Å². The lowest BCUT2D eigenvalue weighted by molar-refractivity contribution is 0.101. The van der Waals surface area contributed by atoms with Crippen LogP contribution in [0.4, 0.5) is 10.1 Å². The Balaban J connectivity index is 2.01. The van der Waals surface area contributed by atoms with Crippen molar-refractivity contribution in [3.8, 4) is 11.6 Å². The van der Waals surface area contributed by atoms with Crippen LogP contribution in [0.1, 0.15) is 16.1 Å². The van der Waals surface area contributed by atoms with E-state index >= 15 is 0 Å². The zero-order valence-corrected chi connectivity index (χ0v) is 14.2. The Kier molecular flexibility index (Phi) is 4.79. The van der Waals surface area contributed by atoms with E-state index in [-0.39, 0.29) is 11.6 Å². The molecule has 2 aromatic carbocycles. The number of anilines is 1. The van der Waals surface area contributed by atoms with Gasteiger partial charge >= 0.3 is 0 Å². The second kappa shape index (κ2) is 7.18. The van der Waals surface area contributed by atoms with E-state index in [4.69, 9.17) is 4.74 Å². The summed E-state index contributed by atoms with van der Waals surface area (Å²) in [6, 6.07) is 13.8. The fourth-order valence-electron chi connectivity index (χ4n) is 2.42. The van der Waals surface area contributed by atoms with Crippen molar-refractivity contribution in [1.82, 2.24) is 9.78 Å². The SMILES string of the molecule is COc1cc(=O)c(C(=O)Nc2cccc(C)c2)nn1-c1ccc(F)cc1. The second-order valence-corrected chi connectivity index (χ2v) is 5.61. The molecule has 0 fully saturated rings. The molecule has 0 radical (unpaired) electrons. The van der Waals surface area contributed by atoms with Crippen molar-refractivity contribution in [2.75, 3.05) is 12.4 Å².